The molecule has 4 atom stereocenters. The number of imidazole rings is 2. The molecule has 7 rings (SSSR count). The highest BCUT2D eigenvalue weighted by Gasteiger charge is 2.38. The Hall–Kier alpha value is -6.43. The van der Waals surface area contributed by atoms with Gasteiger partial charge in [-0.05, 0) is 65.5 Å². The predicted octanol–water partition coefficient (Wildman–Crippen LogP) is 6.61. The minimum Gasteiger partial charge on any atom is -0.453 e. The summed E-state index contributed by atoms with van der Waals surface area (Å²) in [4.78, 5) is 70.8. The molecule has 302 valence electrons. The van der Waals surface area contributed by atoms with Crippen LogP contribution in [0.5, 0.6) is 0 Å². The minimum atomic E-state index is -0.825. The molecule has 2 aliphatic heterocycles. The Kier molecular flexibility index (Phi) is 11.4. The molecular formula is C43H47FN8O6. The van der Waals surface area contributed by atoms with Gasteiger partial charge in [0.05, 0.1) is 43.2 Å². The first kappa shape index (κ1) is 39.8. The molecule has 1 unspecified atom stereocenters. The van der Waals surface area contributed by atoms with Crippen LogP contribution < -0.4 is 10.6 Å². The summed E-state index contributed by atoms with van der Waals surface area (Å²) in [6, 6.07) is 12.3. The van der Waals surface area contributed by atoms with E-state index in [4.69, 9.17) is 14.5 Å². The number of likely N-dealkylation sites (tertiary alicyclic amines) is 1. The van der Waals surface area contributed by atoms with Crippen molar-refractivity contribution in [2.75, 3.05) is 27.3 Å². The Balaban J connectivity index is 1.10. The maximum absolute atomic E-state index is 15.9. The Morgan fingerprint density at radius 3 is 2.19 bits per heavy atom. The molecule has 2 aromatic heterocycles. The van der Waals surface area contributed by atoms with Crippen LogP contribution in [0.1, 0.15) is 70.7 Å². The van der Waals surface area contributed by atoms with E-state index < -0.39 is 36.1 Å². The SMILES string of the molecule is COC(=O)NC(C(=O)N1CCC[C@H]1c1nc2c(ccc3cc(-c4ccc(-c5cnc([C@@H]6C#CCCN6C(=O)[C@@H](NC(=O)OC)C(C)C)[nH]5)c(F)c4)ccc32)[nH]1)C(C)C. The number of H-pyrrole nitrogens is 2. The lowest BCUT2D eigenvalue weighted by Gasteiger charge is -2.33. The van der Waals surface area contributed by atoms with Gasteiger partial charge < -0.3 is 39.9 Å². The molecule has 0 spiro atoms. The van der Waals surface area contributed by atoms with E-state index in [-0.39, 0.29) is 29.7 Å². The van der Waals surface area contributed by atoms with Crippen LogP contribution in [-0.4, -0.2) is 93.1 Å². The number of nitrogens with zero attached hydrogens (tertiary/aromatic N) is 4. The van der Waals surface area contributed by atoms with Gasteiger partial charge >= 0.3 is 12.2 Å². The number of amides is 4. The van der Waals surface area contributed by atoms with Gasteiger partial charge in [-0.15, -0.1) is 0 Å². The highest BCUT2D eigenvalue weighted by atomic mass is 19.1. The van der Waals surface area contributed by atoms with Crippen molar-refractivity contribution in [3.05, 3.63) is 72.2 Å². The number of hydrogen-bond donors (Lipinski definition) is 4. The van der Waals surface area contributed by atoms with Gasteiger partial charge in [0.2, 0.25) is 11.8 Å². The summed E-state index contributed by atoms with van der Waals surface area (Å²) in [5.41, 5.74) is 3.84. The number of aromatic amines is 2. The van der Waals surface area contributed by atoms with E-state index in [0.29, 0.717) is 48.0 Å². The molecule has 4 heterocycles. The number of alkyl carbamates (subject to hydrolysis) is 2. The topological polar surface area (TPSA) is 175 Å². The number of carbonyl (C=O) groups is 4. The Morgan fingerprint density at radius 2 is 1.52 bits per heavy atom. The number of fused-ring (bicyclic) bond motifs is 3. The van der Waals surface area contributed by atoms with Crippen molar-refractivity contribution < 1.29 is 33.0 Å². The van der Waals surface area contributed by atoms with Crippen LogP contribution in [0.3, 0.4) is 0 Å². The van der Waals surface area contributed by atoms with Gasteiger partial charge in [-0.25, -0.2) is 23.9 Å². The Bertz CT molecular complexity index is 2450. The standard InChI is InChI=1S/C43H47FN8O6/c1-23(2)35(49-42(55)57-5)40(53)51-18-8-7-10-33(51)38-45-22-32(47-38)29-16-13-26(21-30(29)44)25-12-15-28-27(20-25)14-17-31-37(28)48-39(46-31)34-11-9-19-52(34)41(54)36(24(3)4)50-43(56)58-6/h12-17,20-24,33-36H,8-9,11,18-19H2,1-6H3,(H,45,47)(H,46,48)(H,49,55)(H,50,56)/t33-,34-,35-,36?/m0/s1. The first-order chi connectivity index (χ1) is 27.9. The third kappa shape index (κ3) is 7.78. The van der Waals surface area contributed by atoms with Gasteiger partial charge in [0.1, 0.15) is 29.5 Å². The van der Waals surface area contributed by atoms with E-state index in [1.165, 1.54) is 26.5 Å². The fourth-order valence-corrected chi connectivity index (χ4v) is 7.76. The lowest BCUT2D eigenvalue weighted by Crippen LogP contribution is -2.52. The Morgan fingerprint density at radius 1 is 0.845 bits per heavy atom. The van der Waals surface area contributed by atoms with Crippen molar-refractivity contribution in [2.45, 2.75) is 71.1 Å². The van der Waals surface area contributed by atoms with Crippen LogP contribution in [-0.2, 0) is 19.1 Å². The molecule has 2 aliphatic rings. The third-order valence-corrected chi connectivity index (χ3v) is 10.9. The minimum absolute atomic E-state index is 0.140. The highest BCUT2D eigenvalue weighted by molar-refractivity contribution is 6.05. The molecule has 3 aromatic carbocycles. The summed E-state index contributed by atoms with van der Waals surface area (Å²) < 4.78 is 25.4. The van der Waals surface area contributed by atoms with Crippen molar-refractivity contribution in [2.24, 2.45) is 11.8 Å². The summed E-state index contributed by atoms with van der Waals surface area (Å²) >= 11 is 0. The van der Waals surface area contributed by atoms with Crippen LogP contribution in [0, 0.1) is 29.5 Å². The Labute approximate surface area is 335 Å². The van der Waals surface area contributed by atoms with Gasteiger partial charge in [-0.2, -0.15) is 0 Å². The molecule has 1 saturated heterocycles. The van der Waals surface area contributed by atoms with Crippen LogP contribution in [0.25, 0.3) is 44.2 Å². The third-order valence-electron chi connectivity index (χ3n) is 10.9. The zero-order chi connectivity index (χ0) is 41.2. The van der Waals surface area contributed by atoms with E-state index in [0.717, 1.165) is 40.2 Å². The first-order valence-electron chi connectivity index (χ1n) is 19.4. The number of ether oxygens (including phenoxy) is 2. The van der Waals surface area contributed by atoms with Crippen molar-refractivity contribution in [1.29, 1.82) is 0 Å². The van der Waals surface area contributed by atoms with Crippen LogP contribution in [0.4, 0.5) is 14.0 Å². The first-order valence-corrected chi connectivity index (χ1v) is 19.4. The number of carbonyl (C=O) groups excluding carboxylic acids is 4. The molecule has 5 aromatic rings. The monoisotopic (exact) mass is 790 g/mol. The van der Waals surface area contributed by atoms with Gasteiger partial charge in [0, 0.05) is 30.5 Å². The maximum atomic E-state index is 15.9. The molecule has 58 heavy (non-hydrogen) atoms. The van der Waals surface area contributed by atoms with E-state index in [1.807, 2.05) is 64.1 Å². The van der Waals surface area contributed by atoms with Gasteiger partial charge in [-0.3, -0.25) is 9.59 Å². The summed E-state index contributed by atoms with van der Waals surface area (Å²) in [6.45, 7) is 8.33. The van der Waals surface area contributed by atoms with Crippen LogP contribution >= 0.6 is 0 Å². The molecule has 15 heteroatoms. The van der Waals surface area contributed by atoms with E-state index >= 15 is 4.39 Å². The number of aromatic nitrogens is 4. The predicted molar refractivity (Wildman–Crippen MR) is 215 cm³/mol. The summed E-state index contributed by atoms with van der Waals surface area (Å²) in [5, 5.41) is 7.15. The lowest BCUT2D eigenvalue weighted by molar-refractivity contribution is -0.136. The van der Waals surface area contributed by atoms with Gasteiger partial charge in [0.25, 0.3) is 0 Å². The van der Waals surface area contributed by atoms with Crippen LogP contribution in [0.2, 0.25) is 0 Å². The number of nitrogens with one attached hydrogen (secondary N) is 4. The molecule has 0 aliphatic carbocycles. The van der Waals surface area contributed by atoms with Gasteiger partial charge in [0.15, 0.2) is 6.04 Å². The summed E-state index contributed by atoms with van der Waals surface area (Å²) in [5.74, 6) is 5.93. The second-order valence-electron chi connectivity index (χ2n) is 15.3. The van der Waals surface area contributed by atoms with E-state index in [1.54, 1.807) is 15.9 Å². The van der Waals surface area contributed by atoms with E-state index in [2.05, 4.69) is 37.4 Å². The maximum Gasteiger partial charge on any atom is 0.407 e. The molecule has 4 amide bonds. The van der Waals surface area contributed by atoms with Crippen LogP contribution in [0.15, 0.2) is 54.7 Å². The van der Waals surface area contributed by atoms with E-state index in [9.17, 15) is 19.2 Å². The van der Waals surface area contributed by atoms with Gasteiger partial charge in [-0.1, -0.05) is 63.8 Å². The second kappa shape index (κ2) is 16.6. The zero-order valence-electron chi connectivity index (χ0n) is 33.3. The number of methoxy groups -OCH3 is 2. The highest BCUT2D eigenvalue weighted by Crippen LogP contribution is 2.36. The largest absolute Gasteiger partial charge is 0.453 e. The molecule has 1 fully saturated rings. The molecule has 0 bridgehead atoms. The van der Waals surface area contributed by atoms with Crippen molar-refractivity contribution >= 4 is 45.8 Å². The molecule has 0 saturated carbocycles. The van der Waals surface area contributed by atoms with Crippen molar-refractivity contribution in [3.8, 4) is 34.2 Å². The molecule has 4 N–H and O–H groups in total. The quantitative estimate of drug-likeness (QED) is 0.114. The second-order valence-corrected chi connectivity index (χ2v) is 15.3. The fraction of sp³-hybridized carbons (Fsp3) is 0.395. The molecule has 14 nitrogen and oxygen atoms in total. The average Bonchev–Trinajstić information content (AvgIpc) is 4.01. The average molecular weight is 791 g/mol. The number of rotatable bonds is 10. The number of halogens is 1. The number of benzene rings is 3. The fourth-order valence-electron chi connectivity index (χ4n) is 7.76. The summed E-state index contributed by atoms with van der Waals surface area (Å²) in [6.07, 6.45) is 2.19. The normalized spacial score (nSPS) is 17.6. The molecular weight excluding hydrogens is 744 g/mol. The lowest BCUT2D eigenvalue weighted by atomic mass is 9.99. The summed E-state index contributed by atoms with van der Waals surface area (Å²) in [7, 11) is 2.52. The molecule has 0 radical (unpaired) electrons. The van der Waals surface area contributed by atoms with Crippen molar-refractivity contribution in [3.63, 3.8) is 0 Å². The smallest absolute Gasteiger partial charge is 0.407 e. The van der Waals surface area contributed by atoms with Crippen molar-refractivity contribution in [1.82, 2.24) is 40.4 Å². The number of hydrogen-bond acceptors (Lipinski definition) is 8. The zero-order valence-corrected chi connectivity index (χ0v) is 33.3.